The van der Waals surface area contributed by atoms with Crippen LogP contribution in [0.4, 0.5) is 0 Å². The zero-order chi connectivity index (χ0) is 18.9. The fraction of sp³-hybridized carbons (Fsp3) is 0.222. The van der Waals surface area contributed by atoms with Gasteiger partial charge in [0.05, 0.1) is 33.3 Å². The van der Waals surface area contributed by atoms with Gasteiger partial charge in [0.15, 0.2) is 11.5 Å². The molecule has 0 fully saturated rings. The Balaban J connectivity index is 1.96. The Morgan fingerprint density at radius 2 is 1.69 bits per heavy atom. The maximum Gasteiger partial charge on any atom is 0.250 e. The van der Waals surface area contributed by atoms with E-state index in [1.807, 2.05) is 12.1 Å². The van der Waals surface area contributed by atoms with Gasteiger partial charge in [0.25, 0.3) is 0 Å². The highest BCUT2D eigenvalue weighted by molar-refractivity contribution is 8.00. The number of methoxy groups -OCH3 is 3. The van der Waals surface area contributed by atoms with Crippen LogP contribution in [0.1, 0.15) is 5.56 Å². The Morgan fingerprint density at radius 3 is 2.31 bits per heavy atom. The fourth-order valence-corrected chi connectivity index (χ4v) is 2.86. The smallest absolute Gasteiger partial charge is 0.250 e. The van der Waals surface area contributed by atoms with E-state index in [1.54, 1.807) is 45.6 Å². The van der Waals surface area contributed by atoms with Crippen molar-refractivity contribution in [3.05, 3.63) is 47.0 Å². The van der Waals surface area contributed by atoms with Gasteiger partial charge in [0.2, 0.25) is 5.91 Å². The molecule has 0 aliphatic carbocycles. The standard InChI is InChI=1S/C18H19ClN2O4S/c1-23-15-9-17(25-3)16(24-2)8-12(15)10-20-21-18(22)11-26-14-6-4-13(19)5-7-14/h4-10H,11H2,1-3H3,(H,21,22)/b20-10-. The summed E-state index contributed by atoms with van der Waals surface area (Å²) in [5, 5.41) is 4.63. The number of amides is 1. The lowest BCUT2D eigenvalue weighted by atomic mass is 10.2. The number of rotatable bonds is 8. The molecule has 1 N–H and O–H groups in total. The Morgan fingerprint density at radius 1 is 1.08 bits per heavy atom. The maximum atomic E-state index is 11.9. The molecule has 8 heteroatoms. The van der Waals surface area contributed by atoms with Crippen LogP contribution in [0.25, 0.3) is 0 Å². The van der Waals surface area contributed by atoms with Crippen LogP contribution in [0.5, 0.6) is 17.2 Å². The summed E-state index contributed by atoms with van der Waals surface area (Å²) in [6.45, 7) is 0. The molecule has 6 nitrogen and oxygen atoms in total. The van der Waals surface area contributed by atoms with Gasteiger partial charge < -0.3 is 14.2 Å². The number of ether oxygens (including phenoxy) is 3. The SMILES string of the molecule is COc1cc(OC)c(OC)cc1/C=N\NC(=O)CSc1ccc(Cl)cc1. The van der Waals surface area contributed by atoms with Gasteiger partial charge in [-0.2, -0.15) is 5.10 Å². The van der Waals surface area contributed by atoms with Crippen LogP contribution in [0.2, 0.25) is 5.02 Å². The van der Waals surface area contributed by atoms with E-state index >= 15 is 0 Å². The number of halogens is 1. The van der Waals surface area contributed by atoms with Crippen molar-refractivity contribution < 1.29 is 19.0 Å². The minimum absolute atomic E-state index is 0.222. The zero-order valence-electron chi connectivity index (χ0n) is 14.6. The third kappa shape index (κ3) is 5.57. The van der Waals surface area contributed by atoms with Crippen LogP contribution in [0, 0.1) is 0 Å². The number of hydrogen-bond donors (Lipinski definition) is 1. The molecule has 138 valence electrons. The lowest BCUT2D eigenvalue weighted by Crippen LogP contribution is -2.19. The van der Waals surface area contributed by atoms with Crippen molar-refractivity contribution >= 4 is 35.5 Å². The summed E-state index contributed by atoms with van der Waals surface area (Å²) < 4.78 is 15.8. The Bertz CT molecular complexity index is 782. The van der Waals surface area contributed by atoms with E-state index in [9.17, 15) is 4.79 Å². The molecule has 1 amide bonds. The molecule has 2 aromatic carbocycles. The first kappa shape index (κ1) is 19.9. The molecular formula is C18H19ClN2O4S. The largest absolute Gasteiger partial charge is 0.496 e. The van der Waals surface area contributed by atoms with Crippen molar-refractivity contribution in [1.82, 2.24) is 5.43 Å². The number of carbonyl (C=O) groups is 1. The van der Waals surface area contributed by atoms with Gasteiger partial charge in [-0.15, -0.1) is 11.8 Å². The molecule has 0 heterocycles. The normalized spacial score (nSPS) is 10.6. The molecule has 0 bridgehead atoms. The highest BCUT2D eigenvalue weighted by atomic mass is 35.5. The Kier molecular flexibility index (Phi) is 7.62. The van der Waals surface area contributed by atoms with Crippen LogP contribution in [0.15, 0.2) is 46.4 Å². The summed E-state index contributed by atoms with van der Waals surface area (Å²) in [7, 11) is 4.63. The molecule has 0 aromatic heterocycles. The van der Waals surface area contributed by atoms with Crippen molar-refractivity contribution in [2.75, 3.05) is 27.1 Å². The van der Waals surface area contributed by atoms with Crippen LogP contribution < -0.4 is 19.6 Å². The third-order valence-corrected chi connectivity index (χ3v) is 4.58. The van der Waals surface area contributed by atoms with Gasteiger partial charge in [-0.1, -0.05) is 11.6 Å². The first-order valence-corrected chi connectivity index (χ1v) is 8.94. The number of hydrogen-bond acceptors (Lipinski definition) is 6. The van der Waals surface area contributed by atoms with Crippen LogP contribution in [-0.2, 0) is 4.79 Å². The van der Waals surface area contributed by atoms with Crippen molar-refractivity contribution in [3.8, 4) is 17.2 Å². The van der Waals surface area contributed by atoms with E-state index < -0.39 is 0 Å². The van der Waals surface area contributed by atoms with Crippen molar-refractivity contribution in [2.45, 2.75) is 4.90 Å². The van der Waals surface area contributed by atoms with Gasteiger partial charge >= 0.3 is 0 Å². The fourth-order valence-electron chi connectivity index (χ4n) is 2.04. The molecule has 0 radical (unpaired) electrons. The Hall–Kier alpha value is -2.38. The first-order chi connectivity index (χ1) is 12.6. The summed E-state index contributed by atoms with van der Waals surface area (Å²) in [5.41, 5.74) is 3.14. The summed E-state index contributed by atoms with van der Waals surface area (Å²) in [4.78, 5) is 12.9. The molecule has 0 spiro atoms. The molecule has 0 aliphatic heterocycles. The second-order valence-electron chi connectivity index (χ2n) is 4.98. The Labute approximate surface area is 161 Å². The first-order valence-electron chi connectivity index (χ1n) is 7.57. The third-order valence-electron chi connectivity index (χ3n) is 3.31. The minimum atomic E-state index is -0.222. The molecule has 2 rings (SSSR count). The quantitative estimate of drug-likeness (QED) is 0.421. The van der Waals surface area contributed by atoms with Gasteiger partial charge in [-0.25, -0.2) is 5.43 Å². The van der Waals surface area contributed by atoms with Crippen LogP contribution in [-0.4, -0.2) is 39.2 Å². The predicted molar refractivity (Wildman–Crippen MR) is 104 cm³/mol. The van der Waals surface area contributed by atoms with Crippen molar-refractivity contribution in [1.29, 1.82) is 0 Å². The van der Waals surface area contributed by atoms with E-state index in [1.165, 1.54) is 18.0 Å². The van der Waals surface area contributed by atoms with E-state index in [4.69, 9.17) is 25.8 Å². The van der Waals surface area contributed by atoms with Gasteiger partial charge in [0.1, 0.15) is 5.75 Å². The lowest BCUT2D eigenvalue weighted by molar-refractivity contribution is -0.118. The van der Waals surface area contributed by atoms with E-state index in [-0.39, 0.29) is 11.7 Å². The van der Waals surface area contributed by atoms with E-state index in [0.717, 1.165) is 4.90 Å². The number of benzene rings is 2. The number of carbonyl (C=O) groups excluding carboxylic acids is 1. The van der Waals surface area contributed by atoms with Gasteiger partial charge in [-0.05, 0) is 30.3 Å². The number of hydrazone groups is 1. The lowest BCUT2D eigenvalue weighted by Gasteiger charge is -2.11. The highest BCUT2D eigenvalue weighted by Crippen LogP contribution is 2.33. The van der Waals surface area contributed by atoms with Gasteiger partial charge in [0, 0.05) is 21.5 Å². The summed E-state index contributed by atoms with van der Waals surface area (Å²) >= 11 is 7.23. The highest BCUT2D eigenvalue weighted by Gasteiger charge is 2.10. The average molecular weight is 395 g/mol. The molecule has 2 aromatic rings. The molecule has 0 unspecified atom stereocenters. The predicted octanol–water partition coefficient (Wildman–Crippen LogP) is 3.61. The molecule has 0 saturated heterocycles. The monoisotopic (exact) mass is 394 g/mol. The van der Waals surface area contributed by atoms with Crippen LogP contribution >= 0.6 is 23.4 Å². The number of nitrogens with one attached hydrogen (secondary N) is 1. The molecule has 0 atom stereocenters. The van der Waals surface area contributed by atoms with E-state index in [2.05, 4.69) is 10.5 Å². The minimum Gasteiger partial charge on any atom is -0.496 e. The van der Waals surface area contributed by atoms with Crippen molar-refractivity contribution in [3.63, 3.8) is 0 Å². The number of nitrogens with zero attached hydrogens (tertiary/aromatic N) is 1. The molecule has 26 heavy (non-hydrogen) atoms. The average Bonchev–Trinajstić information content (AvgIpc) is 2.67. The van der Waals surface area contributed by atoms with Crippen molar-refractivity contribution in [2.24, 2.45) is 5.10 Å². The van der Waals surface area contributed by atoms with Gasteiger partial charge in [-0.3, -0.25) is 4.79 Å². The maximum absolute atomic E-state index is 11.9. The molecular weight excluding hydrogens is 376 g/mol. The van der Waals surface area contributed by atoms with Crippen LogP contribution in [0.3, 0.4) is 0 Å². The summed E-state index contributed by atoms with van der Waals surface area (Å²) in [5.74, 6) is 1.66. The van der Waals surface area contributed by atoms with E-state index in [0.29, 0.717) is 27.8 Å². The second-order valence-corrected chi connectivity index (χ2v) is 6.47. The molecule has 0 aliphatic rings. The zero-order valence-corrected chi connectivity index (χ0v) is 16.2. The second kappa shape index (κ2) is 9.94. The summed E-state index contributed by atoms with van der Waals surface area (Å²) in [6.07, 6.45) is 1.49. The summed E-state index contributed by atoms with van der Waals surface area (Å²) in [6, 6.07) is 10.7. The number of thioether (sulfide) groups is 1. The molecule has 0 saturated carbocycles. The topological polar surface area (TPSA) is 69.2 Å².